The van der Waals surface area contributed by atoms with Crippen LogP contribution in [0.4, 0.5) is 0 Å². The lowest BCUT2D eigenvalue weighted by atomic mass is 10.1. The van der Waals surface area contributed by atoms with Crippen molar-refractivity contribution in [2.45, 2.75) is 52.7 Å². The van der Waals surface area contributed by atoms with Crippen LogP contribution in [0.3, 0.4) is 0 Å². The molecule has 0 aliphatic heterocycles. The molecule has 3 aromatic rings. The van der Waals surface area contributed by atoms with E-state index in [-0.39, 0.29) is 17.4 Å². The molecule has 0 bridgehead atoms. The number of aromatic carboxylic acids is 1. The third-order valence-electron chi connectivity index (χ3n) is 4.84. The van der Waals surface area contributed by atoms with E-state index in [1.165, 1.54) is 12.3 Å². The van der Waals surface area contributed by atoms with E-state index in [0.29, 0.717) is 17.6 Å². The van der Waals surface area contributed by atoms with Crippen molar-refractivity contribution in [3.8, 4) is 0 Å². The van der Waals surface area contributed by atoms with E-state index in [0.717, 1.165) is 25.1 Å². The van der Waals surface area contributed by atoms with Crippen LogP contribution < -0.4 is 5.69 Å². The monoisotopic (exact) mass is 357 g/mol. The largest absolute Gasteiger partial charge is 0.477 e. The number of carboxylic acid groups (broad SMARTS) is 1. The fraction of sp³-hybridized carbons (Fsp3) is 0.444. The topological polar surface area (TPSA) is 94.9 Å². The molecule has 0 spiro atoms. The predicted molar refractivity (Wildman–Crippen MR) is 97.6 cm³/mol. The molecule has 138 valence electrons. The number of aryl methyl sites for hydroxylation is 1. The smallest absolute Gasteiger partial charge is 0.354 e. The molecule has 3 aromatic heterocycles. The van der Waals surface area contributed by atoms with Crippen molar-refractivity contribution in [3.05, 3.63) is 46.7 Å². The second-order valence-electron chi connectivity index (χ2n) is 6.24. The van der Waals surface area contributed by atoms with E-state index in [9.17, 15) is 14.7 Å². The maximum absolute atomic E-state index is 13.2. The van der Waals surface area contributed by atoms with Gasteiger partial charge < -0.3 is 9.67 Å². The summed E-state index contributed by atoms with van der Waals surface area (Å²) in [6, 6.07) is 1.52. The molecule has 3 rings (SSSR count). The number of aromatic nitrogens is 5. The van der Waals surface area contributed by atoms with Gasteiger partial charge in [0.2, 0.25) is 0 Å². The third kappa shape index (κ3) is 2.91. The first-order chi connectivity index (χ1) is 12.5. The summed E-state index contributed by atoms with van der Waals surface area (Å²) in [7, 11) is 0. The van der Waals surface area contributed by atoms with E-state index in [1.807, 2.05) is 25.3 Å². The second kappa shape index (κ2) is 7.15. The zero-order valence-corrected chi connectivity index (χ0v) is 15.2. The third-order valence-corrected chi connectivity index (χ3v) is 4.84. The molecule has 0 atom stereocenters. The quantitative estimate of drug-likeness (QED) is 0.701. The summed E-state index contributed by atoms with van der Waals surface area (Å²) in [4.78, 5) is 32.7. The number of pyridine rings is 1. The Morgan fingerprint density at radius 1 is 1.19 bits per heavy atom. The molecule has 0 aliphatic rings. The Balaban J connectivity index is 2.25. The zero-order valence-electron chi connectivity index (χ0n) is 15.2. The highest BCUT2D eigenvalue weighted by atomic mass is 16.4. The Morgan fingerprint density at radius 3 is 2.54 bits per heavy atom. The van der Waals surface area contributed by atoms with Gasteiger partial charge in [0, 0.05) is 18.8 Å². The van der Waals surface area contributed by atoms with Gasteiger partial charge in [-0.05, 0) is 25.8 Å². The minimum Gasteiger partial charge on any atom is -0.477 e. The van der Waals surface area contributed by atoms with E-state index < -0.39 is 5.97 Å². The zero-order chi connectivity index (χ0) is 18.8. The summed E-state index contributed by atoms with van der Waals surface area (Å²) in [6.45, 7) is 7.16. The van der Waals surface area contributed by atoms with Crippen LogP contribution in [0.15, 0.2) is 29.6 Å². The number of hydrogen-bond acceptors (Lipinski definition) is 4. The van der Waals surface area contributed by atoms with Crippen molar-refractivity contribution in [3.63, 3.8) is 0 Å². The predicted octanol–water partition coefficient (Wildman–Crippen LogP) is 2.52. The van der Waals surface area contributed by atoms with E-state index >= 15 is 0 Å². The lowest BCUT2D eigenvalue weighted by Crippen LogP contribution is -2.28. The molecule has 0 unspecified atom stereocenters. The molecular weight excluding hydrogens is 334 g/mol. The van der Waals surface area contributed by atoms with Gasteiger partial charge in [0.15, 0.2) is 0 Å². The molecule has 0 aliphatic carbocycles. The number of nitrogens with zero attached hydrogens (tertiary/aromatic N) is 5. The summed E-state index contributed by atoms with van der Waals surface area (Å²) < 4.78 is 5.32. The molecular formula is C18H23N5O3. The van der Waals surface area contributed by atoms with E-state index in [1.54, 1.807) is 21.7 Å². The maximum Gasteiger partial charge on any atom is 0.354 e. The van der Waals surface area contributed by atoms with Crippen LogP contribution in [0.25, 0.3) is 11.0 Å². The Hall–Kier alpha value is -2.90. The molecule has 0 fully saturated rings. The molecule has 0 radical (unpaired) electrons. The van der Waals surface area contributed by atoms with Crippen LogP contribution >= 0.6 is 0 Å². The molecule has 3 heterocycles. The van der Waals surface area contributed by atoms with Gasteiger partial charge in [0.05, 0.1) is 35.8 Å². The first-order valence-electron chi connectivity index (χ1n) is 8.84. The van der Waals surface area contributed by atoms with Gasteiger partial charge in [0.1, 0.15) is 5.69 Å². The summed E-state index contributed by atoms with van der Waals surface area (Å²) in [5.41, 5.74) is 1.92. The Morgan fingerprint density at radius 2 is 1.92 bits per heavy atom. The number of imidazole rings is 2. The van der Waals surface area contributed by atoms with Gasteiger partial charge in [0.25, 0.3) is 0 Å². The lowest BCUT2D eigenvalue weighted by Gasteiger charge is -2.14. The van der Waals surface area contributed by atoms with Gasteiger partial charge in [-0.2, -0.15) is 0 Å². The van der Waals surface area contributed by atoms with Crippen LogP contribution in [-0.4, -0.2) is 34.7 Å². The highest BCUT2D eigenvalue weighted by Crippen LogP contribution is 2.22. The highest BCUT2D eigenvalue weighted by molar-refractivity contribution is 5.90. The summed E-state index contributed by atoms with van der Waals surface area (Å²) in [6.07, 6.45) is 6.57. The van der Waals surface area contributed by atoms with E-state index in [2.05, 4.69) is 9.97 Å². The minimum atomic E-state index is -1.11. The van der Waals surface area contributed by atoms with Crippen LogP contribution in [0.5, 0.6) is 0 Å². The van der Waals surface area contributed by atoms with Crippen LogP contribution in [0.2, 0.25) is 0 Å². The standard InChI is InChI=1S/C18H23N5O3/c1-4-12(5-2)23-16-9-20-14(17(24)25)7-15(16)22(18(23)26)10-13-8-19-11-21(13)6-3/h7-9,11-12H,4-6,10H2,1-3H3,(H,24,25). The summed E-state index contributed by atoms with van der Waals surface area (Å²) in [5, 5.41) is 9.28. The molecule has 8 heteroatoms. The average molecular weight is 357 g/mol. The van der Waals surface area contributed by atoms with Crippen molar-refractivity contribution in [1.29, 1.82) is 0 Å². The van der Waals surface area contributed by atoms with Crippen molar-refractivity contribution >= 4 is 17.0 Å². The minimum absolute atomic E-state index is 0.0415. The summed E-state index contributed by atoms with van der Waals surface area (Å²) >= 11 is 0. The van der Waals surface area contributed by atoms with Crippen LogP contribution in [0, 0.1) is 0 Å². The van der Waals surface area contributed by atoms with Gasteiger partial charge in [-0.25, -0.2) is 19.6 Å². The van der Waals surface area contributed by atoms with Crippen molar-refractivity contribution in [1.82, 2.24) is 23.7 Å². The lowest BCUT2D eigenvalue weighted by molar-refractivity contribution is 0.0690. The molecule has 1 N–H and O–H groups in total. The van der Waals surface area contributed by atoms with Crippen molar-refractivity contribution in [2.24, 2.45) is 0 Å². The number of carbonyl (C=O) groups is 1. The number of rotatable bonds is 7. The molecule has 8 nitrogen and oxygen atoms in total. The van der Waals surface area contributed by atoms with Gasteiger partial charge in [-0.1, -0.05) is 13.8 Å². The number of carboxylic acids is 1. The number of hydrogen-bond donors (Lipinski definition) is 1. The van der Waals surface area contributed by atoms with Crippen molar-refractivity contribution < 1.29 is 9.90 Å². The maximum atomic E-state index is 13.2. The summed E-state index contributed by atoms with van der Waals surface area (Å²) in [5.74, 6) is -1.11. The van der Waals surface area contributed by atoms with Crippen molar-refractivity contribution in [2.75, 3.05) is 0 Å². The molecule has 0 aromatic carbocycles. The van der Waals surface area contributed by atoms with Gasteiger partial charge in [-0.3, -0.25) is 9.13 Å². The molecule has 0 saturated carbocycles. The average Bonchev–Trinajstić information content (AvgIpc) is 3.20. The van der Waals surface area contributed by atoms with E-state index in [4.69, 9.17) is 0 Å². The molecule has 0 saturated heterocycles. The van der Waals surface area contributed by atoms with Gasteiger partial charge >= 0.3 is 11.7 Å². The Labute approximate surface area is 150 Å². The fourth-order valence-electron chi connectivity index (χ4n) is 3.38. The second-order valence-corrected chi connectivity index (χ2v) is 6.24. The Bertz CT molecular complexity index is 994. The highest BCUT2D eigenvalue weighted by Gasteiger charge is 2.21. The Kier molecular flexibility index (Phi) is 4.92. The SMILES string of the molecule is CCC(CC)n1c(=O)n(Cc2cncn2CC)c2cc(C(=O)O)ncc21. The first-order valence-corrected chi connectivity index (χ1v) is 8.84. The fourth-order valence-corrected chi connectivity index (χ4v) is 3.38. The number of fused-ring (bicyclic) bond motifs is 1. The molecule has 0 amide bonds. The van der Waals surface area contributed by atoms with Crippen LogP contribution in [0.1, 0.15) is 55.8 Å². The normalized spacial score (nSPS) is 11.5. The van der Waals surface area contributed by atoms with Gasteiger partial charge in [-0.15, -0.1) is 0 Å². The van der Waals surface area contributed by atoms with Crippen LogP contribution in [-0.2, 0) is 13.1 Å². The first kappa shape index (κ1) is 17.9. The molecule has 26 heavy (non-hydrogen) atoms.